The topological polar surface area (TPSA) is 60.8 Å². The van der Waals surface area contributed by atoms with E-state index in [2.05, 4.69) is 0 Å². The minimum atomic E-state index is -0.731. The van der Waals surface area contributed by atoms with Crippen LogP contribution < -0.4 is 0 Å². The molecule has 0 aliphatic carbocycles. The molecule has 1 aliphatic rings. The summed E-state index contributed by atoms with van der Waals surface area (Å²) in [6, 6.07) is 0. The first-order chi connectivity index (χ1) is 6.33. The van der Waals surface area contributed by atoms with E-state index < -0.39 is 11.6 Å². The molecule has 1 fully saturated rings. The fourth-order valence-electron chi connectivity index (χ4n) is 1.49. The Morgan fingerprint density at radius 3 is 2.43 bits per heavy atom. The smallest absolute Gasteiger partial charge is 0.309 e. The predicted octanol–water partition coefficient (Wildman–Crippen LogP) is 0.410. The summed E-state index contributed by atoms with van der Waals surface area (Å²) in [7, 11) is 0. The lowest BCUT2D eigenvalue weighted by Gasteiger charge is -2.42. The Labute approximate surface area is 84.5 Å². The number of rotatable bonds is 4. The highest BCUT2D eigenvalue weighted by Crippen LogP contribution is 2.23. The van der Waals surface area contributed by atoms with E-state index in [9.17, 15) is 9.90 Å². The standard InChI is InChI=1S/C10H19NO3/c1-7(2)10(3,14)6-11-4-8(5-11)9(12)13/h7-8,14H,4-6H2,1-3H3,(H,12,13). The number of carboxylic acid groups (broad SMARTS) is 1. The average molecular weight is 201 g/mol. The molecule has 1 saturated heterocycles. The quantitative estimate of drug-likeness (QED) is 0.691. The van der Waals surface area contributed by atoms with Crippen LogP contribution in [0.25, 0.3) is 0 Å². The second kappa shape index (κ2) is 3.87. The van der Waals surface area contributed by atoms with E-state index in [-0.39, 0.29) is 11.8 Å². The van der Waals surface area contributed by atoms with Crippen LogP contribution in [0.2, 0.25) is 0 Å². The molecule has 2 N–H and O–H groups in total. The van der Waals surface area contributed by atoms with Crippen LogP contribution in [0.1, 0.15) is 20.8 Å². The Morgan fingerprint density at radius 1 is 1.57 bits per heavy atom. The van der Waals surface area contributed by atoms with Gasteiger partial charge in [0.15, 0.2) is 0 Å². The van der Waals surface area contributed by atoms with Crippen LogP contribution in [0.15, 0.2) is 0 Å². The number of hydrogen-bond donors (Lipinski definition) is 2. The first-order valence-electron chi connectivity index (χ1n) is 5.00. The minimum Gasteiger partial charge on any atom is -0.481 e. The summed E-state index contributed by atoms with van der Waals surface area (Å²) in [6.07, 6.45) is 0. The number of aliphatic hydroxyl groups is 1. The summed E-state index contributed by atoms with van der Waals surface area (Å²) < 4.78 is 0. The second-order valence-corrected chi connectivity index (χ2v) is 4.74. The maximum atomic E-state index is 10.5. The number of aliphatic carboxylic acids is 1. The third-order valence-electron chi connectivity index (χ3n) is 3.09. The summed E-state index contributed by atoms with van der Waals surface area (Å²) in [5.74, 6) is -0.783. The van der Waals surface area contributed by atoms with Crippen LogP contribution in [0.4, 0.5) is 0 Å². The normalized spacial score (nSPS) is 23.2. The van der Waals surface area contributed by atoms with Crippen molar-refractivity contribution < 1.29 is 15.0 Å². The summed E-state index contributed by atoms with van der Waals surface area (Å²) in [5, 5.41) is 18.6. The molecule has 1 rings (SSSR count). The molecular weight excluding hydrogens is 182 g/mol. The van der Waals surface area contributed by atoms with Gasteiger partial charge < -0.3 is 10.2 Å². The van der Waals surface area contributed by atoms with Crippen molar-refractivity contribution >= 4 is 5.97 Å². The van der Waals surface area contributed by atoms with Gasteiger partial charge in [0.25, 0.3) is 0 Å². The molecule has 0 amide bonds. The van der Waals surface area contributed by atoms with Gasteiger partial charge in [0.05, 0.1) is 11.5 Å². The summed E-state index contributed by atoms with van der Waals surface area (Å²) in [4.78, 5) is 12.5. The number of hydrogen-bond acceptors (Lipinski definition) is 3. The minimum absolute atomic E-state index is 0.186. The van der Waals surface area contributed by atoms with Gasteiger partial charge in [-0.2, -0.15) is 0 Å². The van der Waals surface area contributed by atoms with Crippen LogP contribution in [0.5, 0.6) is 0 Å². The highest BCUT2D eigenvalue weighted by atomic mass is 16.4. The second-order valence-electron chi connectivity index (χ2n) is 4.74. The number of carboxylic acids is 1. The Bertz CT molecular complexity index is 219. The van der Waals surface area contributed by atoms with Crippen molar-refractivity contribution in [2.24, 2.45) is 11.8 Å². The first kappa shape index (κ1) is 11.5. The molecular formula is C10H19NO3. The van der Waals surface area contributed by atoms with E-state index in [0.717, 1.165) is 0 Å². The molecule has 82 valence electrons. The van der Waals surface area contributed by atoms with Gasteiger partial charge in [-0.1, -0.05) is 13.8 Å². The number of carbonyl (C=O) groups is 1. The van der Waals surface area contributed by atoms with Crippen LogP contribution in [0, 0.1) is 11.8 Å². The molecule has 0 aromatic carbocycles. The summed E-state index contributed by atoms with van der Waals surface area (Å²) in [6.45, 7) is 7.43. The highest BCUT2D eigenvalue weighted by Gasteiger charge is 2.37. The molecule has 4 heteroatoms. The third kappa shape index (κ3) is 2.45. The molecule has 0 saturated carbocycles. The molecule has 14 heavy (non-hydrogen) atoms. The lowest BCUT2D eigenvalue weighted by atomic mass is 9.89. The van der Waals surface area contributed by atoms with E-state index >= 15 is 0 Å². The molecule has 1 heterocycles. The Kier molecular flexibility index (Phi) is 3.17. The van der Waals surface area contributed by atoms with E-state index in [4.69, 9.17) is 5.11 Å². The fourth-order valence-corrected chi connectivity index (χ4v) is 1.49. The van der Waals surface area contributed by atoms with E-state index in [1.54, 1.807) is 6.92 Å². The first-order valence-corrected chi connectivity index (χ1v) is 5.00. The van der Waals surface area contributed by atoms with Crippen molar-refractivity contribution in [3.8, 4) is 0 Å². The molecule has 1 atom stereocenters. The van der Waals surface area contributed by atoms with Crippen LogP contribution in [-0.4, -0.2) is 46.3 Å². The van der Waals surface area contributed by atoms with Crippen LogP contribution >= 0.6 is 0 Å². The van der Waals surface area contributed by atoms with Crippen molar-refractivity contribution in [1.82, 2.24) is 4.90 Å². The zero-order valence-corrected chi connectivity index (χ0v) is 9.03. The van der Waals surface area contributed by atoms with Gasteiger partial charge in [-0.25, -0.2) is 0 Å². The Morgan fingerprint density at radius 2 is 2.07 bits per heavy atom. The largest absolute Gasteiger partial charge is 0.481 e. The molecule has 0 radical (unpaired) electrons. The van der Waals surface area contributed by atoms with Crippen molar-refractivity contribution in [2.45, 2.75) is 26.4 Å². The predicted molar refractivity (Wildman–Crippen MR) is 53.0 cm³/mol. The molecule has 0 aromatic heterocycles. The maximum Gasteiger partial charge on any atom is 0.309 e. The monoisotopic (exact) mass is 201 g/mol. The summed E-state index contributed by atoms with van der Waals surface area (Å²) >= 11 is 0. The van der Waals surface area contributed by atoms with E-state index in [1.807, 2.05) is 18.7 Å². The van der Waals surface area contributed by atoms with E-state index in [1.165, 1.54) is 0 Å². The van der Waals surface area contributed by atoms with E-state index in [0.29, 0.717) is 19.6 Å². The van der Waals surface area contributed by atoms with Crippen LogP contribution in [-0.2, 0) is 4.79 Å². The highest BCUT2D eigenvalue weighted by molar-refractivity contribution is 5.71. The maximum absolute atomic E-state index is 10.5. The van der Waals surface area contributed by atoms with Gasteiger partial charge in [-0.05, 0) is 12.8 Å². The van der Waals surface area contributed by atoms with Gasteiger partial charge in [0.2, 0.25) is 0 Å². The number of likely N-dealkylation sites (tertiary alicyclic amines) is 1. The van der Waals surface area contributed by atoms with Crippen molar-refractivity contribution in [3.05, 3.63) is 0 Å². The zero-order chi connectivity index (χ0) is 10.9. The molecule has 1 unspecified atom stereocenters. The zero-order valence-electron chi connectivity index (χ0n) is 9.03. The number of β-amino-alcohol motifs (C(OH)–C–C–N with tert-alkyl or cyclic N) is 1. The fraction of sp³-hybridized carbons (Fsp3) is 0.900. The van der Waals surface area contributed by atoms with Crippen molar-refractivity contribution in [2.75, 3.05) is 19.6 Å². The lowest BCUT2D eigenvalue weighted by Crippen LogP contribution is -2.56. The van der Waals surface area contributed by atoms with Crippen molar-refractivity contribution in [1.29, 1.82) is 0 Å². The molecule has 0 spiro atoms. The molecule has 4 nitrogen and oxygen atoms in total. The SMILES string of the molecule is CC(C)C(C)(O)CN1CC(C(=O)O)C1. The van der Waals surface area contributed by atoms with Gasteiger partial charge >= 0.3 is 5.97 Å². The van der Waals surface area contributed by atoms with Crippen molar-refractivity contribution in [3.63, 3.8) is 0 Å². The molecule has 0 aromatic rings. The van der Waals surface area contributed by atoms with Crippen LogP contribution in [0.3, 0.4) is 0 Å². The number of nitrogens with zero attached hydrogens (tertiary/aromatic N) is 1. The average Bonchev–Trinajstić information content (AvgIpc) is 1.94. The van der Waals surface area contributed by atoms with Gasteiger partial charge in [-0.15, -0.1) is 0 Å². The molecule has 1 aliphatic heterocycles. The molecule has 0 bridgehead atoms. The third-order valence-corrected chi connectivity index (χ3v) is 3.09. The lowest BCUT2D eigenvalue weighted by molar-refractivity contribution is -0.149. The Balaban J connectivity index is 2.32. The van der Waals surface area contributed by atoms with Gasteiger partial charge in [0.1, 0.15) is 0 Å². The van der Waals surface area contributed by atoms with Gasteiger partial charge in [-0.3, -0.25) is 9.69 Å². The summed E-state index contributed by atoms with van der Waals surface area (Å²) in [5.41, 5.74) is -0.719. The Hall–Kier alpha value is -0.610. The van der Waals surface area contributed by atoms with Gasteiger partial charge in [0, 0.05) is 19.6 Å².